The number of carbonyl (C=O) groups is 1. The van der Waals surface area contributed by atoms with Gasteiger partial charge in [0.15, 0.2) is 0 Å². The molecule has 5 atom stereocenters. The number of halogens is 3. The molecule has 2 fully saturated rings. The van der Waals surface area contributed by atoms with Gasteiger partial charge in [-0.25, -0.2) is 0 Å². The zero-order chi connectivity index (χ0) is 17.5. The van der Waals surface area contributed by atoms with Crippen LogP contribution in [-0.4, -0.2) is 29.8 Å². The van der Waals surface area contributed by atoms with Crippen LogP contribution in [0, 0.1) is 17.8 Å². The molecular formula is C17H21F3N2O2. The second-order valence-corrected chi connectivity index (χ2v) is 6.88. The molecule has 7 heteroatoms. The Kier molecular flexibility index (Phi) is 4.34. The Balaban J connectivity index is 1.74. The van der Waals surface area contributed by atoms with Gasteiger partial charge in [-0.3, -0.25) is 4.79 Å². The highest BCUT2D eigenvalue weighted by Crippen LogP contribution is 2.47. The van der Waals surface area contributed by atoms with Crippen molar-refractivity contribution in [3.63, 3.8) is 0 Å². The van der Waals surface area contributed by atoms with Crippen LogP contribution in [0.1, 0.15) is 24.8 Å². The summed E-state index contributed by atoms with van der Waals surface area (Å²) in [6.07, 6.45) is -2.18. The number of amides is 1. The highest BCUT2D eigenvalue weighted by atomic mass is 19.4. The Morgan fingerprint density at radius 2 is 1.83 bits per heavy atom. The third-order valence-corrected chi connectivity index (χ3v) is 5.52. The van der Waals surface area contributed by atoms with E-state index in [2.05, 4.69) is 5.32 Å². The number of alkyl halides is 3. The number of hydrogen-bond donors (Lipinski definition) is 3. The third-order valence-electron chi connectivity index (χ3n) is 5.52. The highest BCUT2D eigenvalue weighted by Gasteiger charge is 2.56. The molecular weight excluding hydrogens is 321 g/mol. The fraction of sp³-hybridized carbons (Fsp3) is 0.588. The van der Waals surface area contributed by atoms with Crippen molar-refractivity contribution >= 4 is 5.91 Å². The topological polar surface area (TPSA) is 75.4 Å². The summed E-state index contributed by atoms with van der Waals surface area (Å²) in [7, 11) is 0. The summed E-state index contributed by atoms with van der Waals surface area (Å²) in [5.74, 6) is -0.535. The van der Waals surface area contributed by atoms with Crippen LogP contribution < -0.4 is 11.1 Å². The maximum absolute atomic E-state index is 13.4. The SMILES string of the molecule is NC1C2CCC(C2)C1C(=O)NCC(O)(c1ccccc1)C(F)(F)F. The number of rotatable bonds is 4. The van der Waals surface area contributed by atoms with Crippen molar-refractivity contribution < 1.29 is 23.1 Å². The predicted molar refractivity (Wildman–Crippen MR) is 81.7 cm³/mol. The largest absolute Gasteiger partial charge is 0.423 e. The van der Waals surface area contributed by atoms with Gasteiger partial charge in [-0.2, -0.15) is 13.2 Å². The van der Waals surface area contributed by atoms with Gasteiger partial charge in [0.05, 0.1) is 12.5 Å². The molecule has 5 unspecified atom stereocenters. The van der Waals surface area contributed by atoms with E-state index in [0.717, 1.165) is 19.3 Å². The maximum Gasteiger partial charge on any atom is 0.423 e. The number of hydrogen-bond acceptors (Lipinski definition) is 3. The quantitative estimate of drug-likeness (QED) is 0.783. The molecule has 2 bridgehead atoms. The van der Waals surface area contributed by atoms with E-state index in [1.54, 1.807) is 6.07 Å². The van der Waals surface area contributed by atoms with Gasteiger partial charge in [-0.05, 0) is 36.7 Å². The highest BCUT2D eigenvalue weighted by molar-refractivity contribution is 5.80. The normalized spacial score (nSPS) is 31.7. The van der Waals surface area contributed by atoms with Crippen molar-refractivity contribution in [1.82, 2.24) is 5.32 Å². The molecule has 0 aliphatic heterocycles. The van der Waals surface area contributed by atoms with Crippen LogP contribution in [0.25, 0.3) is 0 Å². The van der Waals surface area contributed by atoms with Gasteiger partial charge in [0, 0.05) is 6.04 Å². The Labute approximate surface area is 138 Å². The van der Waals surface area contributed by atoms with E-state index in [0.29, 0.717) is 0 Å². The van der Waals surface area contributed by atoms with Crippen molar-refractivity contribution in [2.75, 3.05) is 6.54 Å². The van der Waals surface area contributed by atoms with Crippen molar-refractivity contribution in [2.24, 2.45) is 23.5 Å². The molecule has 0 aromatic heterocycles. The van der Waals surface area contributed by atoms with Gasteiger partial charge in [0.25, 0.3) is 0 Å². The van der Waals surface area contributed by atoms with E-state index < -0.39 is 30.1 Å². The van der Waals surface area contributed by atoms with Crippen molar-refractivity contribution in [1.29, 1.82) is 0 Å². The van der Waals surface area contributed by atoms with Gasteiger partial charge in [0.1, 0.15) is 0 Å². The minimum absolute atomic E-state index is 0.140. The molecule has 2 saturated carbocycles. The van der Waals surface area contributed by atoms with E-state index in [1.807, 2.05) is 0 Å². The summed E-state index contributed by atoms with van der Waals surface area (Å²) in [4.78, 5) is 12.4. The first kappa shape index (κ1) is 17.2. The van der Waals surface area contributed by atoms with Gasteiger partial charge in [0.2, 0.25) is 11.5 Å². The minimum Gasteiger partial charge on any atom is -0.375 e. The van der Waals surface area contributed by atoms with Gasteiger partial charge in [-0.15, -0.1) is 0 Å². The van der Waals surface area contributed by atoms with Crippen LogP contribution in [0.5, 0.6) is 0 Å². The molecule has 4 nitrogen and oxygen atoms in total. The summed E-state index contributed by atoms with van der Waals surface area (Å²) >= 11 is 0. The Morgan fingerprint density at radius 1 is 1.21 bits per heavy atom. The zero-order valence-electron chi connectivity index (χ0n) is 13.1. The molecule has 4 N–H and O–H groups in total. The molecule has 0 spiro atoms. The van der Waals surface area contributed by atoms with Crippen molar-refractivity contribution in [3.05, 3.63) is 35.9 Å². The van der Waals surface area contributed by atoms with E-state index in [-0.39, 0.29) is 23.4 Å². The first-order chi connectivity index (χ1) is 11.2. The van der Waals surface area contributed by atoms with Crippen LogP contribution in [0.15, 0.2) is 30.3 Å². The summed E-state index contributed by atoms with van der Waals surface area (Å²) in [5.41, 5.74) is 2.64. The number of aliphatic hydroxyl groups is 1. The lowest BCUT2D eigenvalue weighted by atomic mass is 9.84. The summed E-state index contributed by atoms with van der Waals surface area (Å²) in [6.45, 7) is -0.917. The van der Waals surface area contributed by atoms with Crippen molar-refractivity contribution in [3.8, 4) is 0 Å². The fourth-order valence-corrected chi connectivity index (χ4v) is 4.14. The Morgan fingerprint density at radius 3 is 2.38 bits per heavy atom. The van der Waals surface area contributed by atoms with E-state index >= 15 is 0 Å². The fourth-order valence-electron chi connectivity index (χ4n) is 4.14. The lowest BCUT2D eigenvalue weighted by Crippen LogP contribution is -2.53. The molecule has 1 aromatic rings. The van der Waals surface area contributed by atoms with E-state index in [4.69, 9.17) is 5.73 Å². The minimum atomic E-state index is -4.90. The third kappa shape index (κ3) is 2.80. The summed E-state index contributed by atoms with van der Waals surface area (Å²) in [6, 6.07) is 6.48. The number of fused-ring (bicyclic) bond motifs is 2. The van der Waals surface area contributed by atoms with Crippen LogP contribution in [0.4, 0.5) is 13.2 Å². The molecule has 0 heterocycles. The second kappa shape index (κ2) is 6.04. The molecule has 1 amide bonds. The predicted octanol–water partition coefficient (Wildman–Crippen LogP) is 1.93. The Bertz CT molecular complexity index is 606. The van der Waals surface area contributed by atoms with Crippen LogP contribution in [0.3, 0.4) is 0 Å². The van der Waals surface area contributed by atoms with Crippen LogP contribution >= 0.6 is 0 Å². The first-order valence-corrected chi connectivity index (χ1v) is 8.12. The summed E-state index contributed by atoms with van der Waals surface area (Å²) < 4.78 is 40.3. The lowest BCUT2D eigenvalue weighted by molar-refractivity contribution is -0.264. The second-order valence-electron chi connectivity index (χ2n) is 6.88. The molecule has 3 rings (SSSR count). The molecule has 24 heavy (non-hydrogen) atoms. The van der Waals surface area contributed by atoms with Crippen molar-refractivity contribution in [2.45, 2.75) is 37.1 Å². The number of nitrogens with two attached hydrogens (primary N) is 1. The molecule has 0 saturated heterocycles. The molecule has 1 aromatic carbocycles. The number of nitrogens with one attached hydrogen (secondary N) is 1. The average Bonchev–Trinajstić information content (AvgIpc) is 3.13. The molecule has 2 aliphatic carbocycles. The average molecular weight is 342 g/mol. The van der Waals surface area contributed by atoms with E-state index in [1.165, 1.54) is 24.3 Å². The molecule has 132 valence electrons. The maximum atomic E-state index is 13.4. The van der Waals surface area contributed by atoms with E-state index in [9.17, 15) is 23.1 Å². The monoisotopic (exact) mass is 342 g/mol. The van der Waals surface area contributed by atoms with Crippen LogP contribution in [-0.2, 0) is 10.4 Å². The summed E-state index contributed by atoms with van der Waals surface area (Å²) in [5, 5.41) is 12.5. The van der Waals surface area contributed by atoms with Gasteiger partial charge < -0.3 is 16.2 Å². The Hall–Kier alpha value is -1.60. The standard InChI is InChI=1S/C17H21F3N2O2/c18-17(19,20)16(24,12-4-2-1-3-5-12)9-22-15(23)13-10-6-7-11(8-10)14(13)21/h1-5,10-11,13-14,24H,6-9,21H2,(H,22,23). The van der Waals surface area contributed by atoms with Gasteiger partial charge >= 0.3 is 6.18 Å². The number of benzene rings is 1. The van der Waals surface area contributed by atoms with Crippen LogP contribution in [0.2, 0.25) is 0 Å². The van der Waals surface area contributed by atoms with Gasteiger partial charge in [-0.1, -0.05) is 30.3 Å². The molecule has 0 radical (unpaired) electrons. The number of carbonyl (C=O) groups excluding carboxylic acids is 1. The smallest absolute Gasteiger partial charge is 0.375 e. The zero-order valence-corrected chi connectivity index (χ0v) is 13.1. The molecule has 2 aliphatic rings. The first-order valence-electron chi connectivity index (χ1n) is 8.12. The lowest BCUT2D eigenvalue weighted by Gasteiger charge is -2.33.